The van der Waals surface area contributed by atoms with Crippen LogP contribution in [0, 0.1) is 0 Å². The molecule has 2 atom stereocenters. The molecule has 1 aromatic heterocycles. The highest BCUT2D eigenvalue weighted by Crippen LogP contribution is 2.60. The van der Waals surface area contributed by atoms with E-state index >= 15 is 0 Å². The van der Waals surface area contributed by atoms with Crippen molar-refractivity contribution in [1.29, 1.82) is 0 Å². The minimum atomic E-state index is -0.914. The molecule has 4 nitrogen and oxygen atoms in total. The molecule has 2 aromatic rings. The third kappa shape index (κ3) is 1.69. The maximum absolute atomic E-state index is 11.7. The second-order valence-electron chi connectivity index (χ2n) is 6.35. The molecule has 0 radical (unpaired) electrons. The van der Waals surface area contributed by atoms with Crippen LogP contribution in [-0.4, -0.2) is 20.9 Å². The first-order chi connectivity index (χ1) is 10.6. The molecule has 2 bridgehead atoms. The van der Waals surface area contributed by atoms with Crippen LogP contribution in [0.5, 0.6) is 0 Å². The molecule has 2 aliphatic rings. The first kappa shape index (κ1) is 14.0. The molecule has 2 unspecified atom stereocenters. The lowest BCUT2D eigenvalue weighted by Crippen LogP contribution is -2.22. The number of hydrogen-bond donors (Lipinski definition) is 1. The first-order valence-corrected chi connectivity index (χ1v) is 8.48. The Balaban J connectivity index is 2.01. The number of carbonyl (C=O) groups is 1. The Hall–Kier alpha value is -1.62. The standard InChI is InChI=1S/C17H17BrN2O2/c1-2-17-8-7-10(9-17)15-13(17)14(16(21)22)19-20(15)12-6-4-3-5-11(12)18/h3-6,10H,2,7-9H2,1H3,(H,21,22). The van der Waals surface area contributed by atoms with E-state index in [1.165, 1.54) is 0 Å². The van der Waals surface area contributed by atoms with Gasteiger partial charge in [0, 0.05) is 21.4 Å². The van der Waals surface area contributed by atoms with E-state index in [9.17, 15) is 9.90 Å². The summed E-state index contributed by atoms with van der Waals surface area (Å²) < 4.78 is 2.80. The fourth-order valence-electron chi connectivity index (χ4n) is 4.37. The number of halogens is 1. The number of rotatable bonds is 3. The predicted octanol–water partition coefficient (Wildman–Crippen LogP) is 4.26. The average Bonchev–Trinajstić information content (AvgIpc) is 3.17. The number of nitrogens with zero attached hydrogens (tertiary/aromatic N) is 2. The molecule has 4 rings (SSSR count). The van der Waals surface area contributed by atoms with Gasteiger partial charge in [0.15, 0.2) is 5.69 Å². The highest BCUT2D eigenvalue weighted by molar-refractivity contribution is 9.10. The molecule has 1 aromatic carbocycles. The molecule has 0 saturated heterocycles. The van der Waals surface area contributed by atoms with Gasteiger partial charge in [-0.05, 0) is 53.7 Å². The molecular formula is C17H17BrN2O2. The van der Waals surface area contributed by atoms with Gasteiger partial charge < -0.3 is 5.11 Å². The molecule has 1 saturated carbocycles. The summed E-state index contributed by atoms with van der Waals surface area (Å²) in [5.74, 6) is -0.481. The maximum Gasteiger partial charge on any atom is 0.356 e. The Morgan fingerprint density at radius 1 is 1.50 bits per heavy atom. The molecule has 2 aliphatic carbocycles. The van der Waals surface area contributed by atoms with E-state index < -0.39 is 5.97 Å². The van der Waals surface area contributed by atoms with Crippen molar-refractivity contribution in [2.45, 2.75) is 43.9 Å². The molecule has 0 aliphatic heterocycles. The van der Waals surface area contributed by atoms with Crippen molar-refractivity contribution in [3.63, 3.8) is 0 Å². The summed E-state index contributed by atoms with van der Waals surface area (Å²) in [6, 6.07) is 7.85. The molecule has 22 heavy (non-hydrogen) atoms. The quantitative estimate of drug-likeness (QED) is 0.889. The van der Waals surface area contributed by atoms with Crippen molar-refractivity contribution < 1.29 is 9.90 Å². The van der Waals surface area contributed by atoms with E-state index in [4.69, 9.17) is 0 Å². The van der Waals surface area contributed by atoms with Crippen molar-refractivity contribution >= 4 is 21.9 Å². The first-order valence-electron chi connectivity index (χ1n) is 7.69. The SMILES string of the molecule is CCC12CCC(C1)c1c2c(C(=O)O)nn1-c1ccccc1Br. The van der Waals surface area contributed by atoms with Gasteiger partial charge in [0.25, 0.3) is 0 Å². The zero-order valence-corrected chi connectivity index (χ0v) is 13.9. The van der Waals surface area contributed by atoms with Gasteiger partial charge in [0.2, 0.25) is 0 Å². The number of hydrogen-bond acceptors (Lipinski definition) is 2. The van der Waals surface area contributed by atoms with Gasteiger partial charge in [-0.25, -0.2) is 9.48 Å². The summed E-state index contributed by atoms with van der Waals surface area (Å²) >= 11 is 3.56. The van der Waals surface area contributed by atoms with Crippen LogP contribution in [0.1, 0.15) is 60.3 Å². The summed E-state index contributed by atoms with van der Waals surface area (Å²) in [7, 11) is 0. The van der Waals surface area contributed by atoms with Gasteiger partial charge >= 0.3 is 5.97 Å². The lowest BCUT2D eigenvalue weighted by Gasteiger charge is -2.25. The van der Waals surface area contributed by atoms with Crippen LogP contribution in [0.15, 0.2) is 28.7 Å². The van der Waals surface area contributed by atoms with Gasteiger partial charge in [0.1, 0.15) is 0 Å². The van der Waals surface area contributed by atoms with E-state index in [0.717, 1.165) is 47.1 Å². The lowest BCUT2D eigenvalue weighted by molar-refractivity contribution is 0.0686. The third-order valence-corrected chi connectivity index (χ3v) is 6.08. The highest BCUT2D eigenvalue weighted by atomic mass is 79.9. The average molecular weight is 361 g/mol. The van der Waals surface area contributed by atoms with Crippen LogP contribution in [0.25, 0.3) is 5.69 Å². The van der Waals surface area contributed by atoms with Crippen molar-refractivity contribution in [2.75, 3.05) is 0 Å². The summed E-state index contributed by atoms with van der Waals surface area (Å²) in [5, 5.41) is 14.1. The molecule has 5 heteroatoms. The summed E-state index contributed by atoms with van der Waals surface area (Å²) in [4.78, 5) is 11.7. The minimum absolute atomic E-state index is 0.0211. The monoisotopic (exact) mass is 360 g/mol. The number of fused-ring (bicyclic) bond motifs is 5. The topological polar surface area (TPSA) is 55.1 Å². The van der Waals surface area contributed by atoms with Crippen LogP contribution >= 0.6 is 15.9 Å². The molecule has 0 spiro atoms. The van der Waals surface area contributed by atoms with Gasteiger partial charge in [0.05, 0.1) is 11.4 Å². The number of aromatic nitrogens is 2. The maximum atomic E-state index is 11.7. The van der Waals surface area contributed by atoms with Crippen molar-refractivity contribution in [3.05, 3.63) is 45.7 Å². The summed E-state index contributed by atoms with van der Waals surface area (Å²) in [6.07, 6.45) is 4.28. The van der Waals surface area contributed by atoms with Crippen molar-refractivity contribution in [1.82, 2.24) is 9.78 Å². The lowest BCUT2D eigenvalue weighted by atomic mass is 9.78. The van der Waals surface area contributed by atoms with Crippen LogP contribution in [0.2, 0.25) is 0 Å². The largest absolute Gasteiger partial charge is 0.476 e. The van der Waals surface area contributed by atoms with E-state index in [1.54, 1.807) is 0 Å². The van der Waals surface area contributed by atoms with Gasteiger partial charge in [-0.1, -0.05) is 19.1 Å². The van der Waals surface area contributed by atoms with Crippen LogP contribution < -0.4 is 0 Å². The summed E-state index contributed by atoms with van der Waals surface area (Å²) in [6.45, 7) is 2.17. The summed E-state index contributed by atoms with van der Waals surface area (Å²) in [5.41, 5.74) is 3.31. The smallest absolute Gasteiger partial charge is 0.356 e. The zero-order valence-electron chi connectivity index (χ0n) is 12.3. The Morgan fingerprint density at radius 2 is 2.27 bits per heavy atom. The fourth-order valence-corrected chi connectivity index (χ4v) is 4.83. The Bertz CT molecular complexity index is 783. The van der Waals surface area contributed by atoms with E-state index in [0.29, 0.717) is 5.92 Å². The second kappa shape index (κ2) is 4.69. The van der Waals surface area contributed by atoms with Crippen LogP contribution in [0.4, 0.5) is 0 Å². The number of carboxylic acid groups (broad SMARTS) is 1. The number of para-hydroxylation sites is 1. The van der Waals surface area contributed by atoms with Crippen LogP contribution in [-0.2, 0) is 5.41 Å². The normalized spacial score (nSPS) is 25.5. The Kier molecular flexibility index (Phi) is 2.98. The van der Waals surface area contributed by atoms with Crippen LogP contribution in [0.3, 0.4) is 0 Å². The molecule has 1 fully saturated rings. The number of aromatic carboxylic acids is 1. The fraction of sp³-hybridized carbons (Fsp3) is 0.412. The minimum Gasteiger partial charge on any atom is -0.476 e. The zero-order chi connectivity index (χ0) is 15.5. The highest BCUT2D eigenvalue weighted by Gasteiger charge is 2.53. The Morgan fingerprint density at radius 3 is 2.95 bits per heavy atom. The number of carboxylic acids is 1. The predicted molar refractivity (Wildman–Crippen MR) is 86.8 cm³/mol. The van der Waals surface area contributed by atoms with E-state index in [-0.39, 0.29) is 11.1 Å². The van der Waals surface area contributed by atoms with E-state index in [1.807, 2.05) is 28.9 Å². The Labute approximate surface area is 137 Å². The molecule has 0 amide bonds. The van der Waals surface area contributed by atoms with Gasteiger partial charge in [-0.3, -0.25) is 0 Å². The molecule has 1 heterocycles. The molecule has 1 N–H and O–H groups in total. The van der Waals surface area contributed by atoms with Crippen molar-refractivity contribution in [2.24, 2.45) is 0 Å². The van der Waals surface area contributed by atoms with Crippen molar-refractivity contribution in [3.8, 4) is 5.69 Å². The van der Waals surface area contributed by atoms with Gasteiger partial charge in [-0.15, -0.1) is 0 Å². The third-order valence-electron chi connectivity index (χ3n) is 5.41. The second-order valence-corrected chi connectivity index (χ2v) is 7.21. The number of benzene rings is 1. The molecular weight excluding hydrogens is 344 g/mol. The molecule has 114 valence electrons. The van der Waals surface area contributed by atoms with E-state index in [2.05, 4.69) is 28.0 Å². The van der Waals surface area contributed by atoms with Gasteiger partial charge in [-0.2, -0.15) is 5.10 Å².